The molecule has 3 aromatic rings. The summed E-state index contributed by atoms with van der Waals surface area (Å²) in [7, 11) is 0. The molecule has 2 aromatic carbocycles. The van der Waals surface area contributed by atoms with E-state index in [9.17, 15) is 19.5 Å². The summed E-state index contributed by atoms with van der Waals surface area (Å²) in [5.41, 5.74) is 1.90. The molecule has 10 heteroatoms. The van der Waals surface area contributed by atoms with Crippen LogP contribution >= 0.6 is 11.8 Å². The minimum absolute atomic E-state index is 0.0346. The van der Waals surface area contributed by atoms with E-state index in [0.29, 0.717) is 16.5 Å². The van der Waals surface area contributed by atoms with Crippen molar-refractivity contribution in [3.8, 4) is 12.3 Å². The number of aliphatic hydroxyl groups excluding tert-OH is 1. The Labute approximate surface area is 219 Å². The number of fused-ring (bicyclic) bond motifs is 1. The van der Waals surface area contributed by atoms with Crippen molar-refractivity contribution in [1.29, 1.82) is 0 Å². The molecule has 0 aliphatic carbocycles. The number of aromatic amines is 1. The van der Waals surface area contributed by atoms with Crippen LogP contribution in [0.4, 0.5) is 0 Å². The number of aliphatic hydroxyl groups is 1. The molecule has 3 amide bonds. The molecular formula is C27H29N5O4S. The highest BCUT2D eigenvalue weighted by molar-refractivity contribution is 8.00. The van der Waals surface area contributed by atoms with Crippen molar-refractivity contribution in [1.82, 2.24) is 25.7 Å². The van der Waals surface area contributed by atoms with Gasteiger partial charge in [0.1, 0.15) is 6.04 Å². The highest BCUT2D eigenvalue weighted by Gasteiger charge is 2.49. The lowest BCUT2D eigenvalue weighted by Crippen LogP contribution is -2.58. The van der Waals surface area contributed by atoms with Crippen LogP contribution in [0.1, 0.15) is 29.8 Å². The number of nitrogens with zero attached hydrogens (tertiary/aromatic N) is 2. The van der Waals surface area contributed by atoms with E-state index in [0.717, 1.165) is 5.56 Å². The van der Waals surface area contributed by atoms with Gasteiger partial charge >= 0.3 is 0 Å². The van der Waals surface area contributed by atoms with E-state index in [4.69, 9.17) is 6.42 Å². The van der Waals surface area contributed by atoms with Gasteiger partial charge in [-0.2, -0.15) is 5.10 Å². The van der Waals surface area contributed by atoms with Gasteiger partial charge in [0.2, 0.25) is 5.91 Å². The molecule has 1 aromatic heterocycles. The standard InChI is InChI=1S/C27H29N5O4S/c1-4-13-28-25(35)23-27(2,3)37-16-32(23)26(36)22(33)21(14-17-9-6-5-7-10-17)30-24(34)18-11-8-12-20-19(18)15-29-31-20/h1,5-12,15,21-23,33H,13-14,16H2,2-3H3,(H,28,35)(H,29,31)(H,30,34). The Bertz CT molecular complexity index is 1330. The summed E-state index contributed by atoms with van der Waals surface area (Å²) < 4.78 is -0.594. The fourth-order valence-electron chi connectivity index (χ4n) is 4.51. The number of carbonyl (C=O) groups is 3. The maximum Gasteiger partial charge on any atom is 0.254 e. The molecular weight excluding hydrogens is 490 g/mol. The van der Waals surface area contributed by atoms with E-state index in [1.807, 2.05) is 44.2 Å². The molecule has 1 fully saturated rings. The number of thioether (sulfide) groups is 1. The lowest BCUT2D eigenvalue weighted by atomic mass is 9.96. The van der Waals surface area contributed by atoms with Gasteiger partial charge in [-0.05, 0) is 38.0 Å². The Hall–Kier alpha value is -3.81. The van der Waals surface area contributed by atoms with Crippen LogP contribution in [-0.2, 0) is 16.0 Å². The largest absolute Gasteiger partial charge is 0.381 e. The van der Waals surface area contributed by atoms with Crippen LogP contribution in [0, 0.1) is 12.3 Å². The van der Waals surface area contributed by atoms with Crippen molar-refractivity contribution in [2.75, 3.05) is 12.4 Å². The van der Waals surface area contributed by atoms with Gasteiger partial charge in [0.05, 0.1) is 35.7 Å². The first-order chi connectivity index (χ1) is 17.7. The Balaban J connectivity index is 1.60. The zero-order valence-corrected chi connectivity index (χ0v) is 21.4. The second kappa shape index (κ2) is 11.1. The van der Waals surface area contributed by atoms with Gasteiger partial charge < -0.3 is 20.6 Å². The molecule has 0 spiro atoms. The average Bonchev–Trinajstić information content (AvgIpc) is 3.50. The fourth-order valence-corrected chi connectivity index (χ4v) is 5.65. The highest BCUT2D eigenvalue weighted by atomic mass is 32.2. The third-order valence-corrected chi connectivity index (χ3v) is 7.79. The normalized spacial score (nSPS) is 18.1. The van der Waals surface area contributed by atoms with Crippen molar-refractivity contribution in [2.24, 2.45) is 0 Å². The van der Waals surface area contributed by atoms with E-state index >= 15 is 0 Å². The second-order valence-electron chi connectivity index (χ2n) is 9.36. The quantitative estimate of drug-likeness (QED) is 0.336. The zero-order chi connectivity index (χ0) is 26.6. The van der Waals surface area contributed by atoms with Gasteiger partial charge in [0, 0.05) is 10.1 Å². The number of carbonyl (C=O) groups excluding carboxylic acids is 3. The summed E-state index contributed by atoms with van der Waals surface area (Å²) in [5.74, 6) is 1.12. The summed E-state index contributed by atoms with van der Waals surface area (Å²) >= 11 is 1.44. The van der Waals surface area contributed by atoms with Crippen LogP contribution in [0.3, 0.4) is 0 Å². The van der Waals surface area contributed by atoms with Gasteiger partial charge in [0.25, 0.3) is 11.8 Å². The molecule has 37 heavy (non-hydrogen) atoms. The van der Waals surface area contributed by atoms with E-state index in [-0.39, 0.29) is 24.7 Å². The van der Waals surface area contributed by atoms with E-state index in [1.54, 1.807) is 24.4 Å². The van der Waals surface area contributed by atoms with Crippen molar-refractivity contribution in [3.05, 3.63) is 65.9 Å². The third-order valence-electron chi connectivity index (χ3n) is 6.42. The SMILES string of the molecule is C#CCNC(=O)C1N(C(=O)C(O)C(Cc2ccccc2)NC(=O)c2cccc3[nH]ncc23)CSC1(C)C. The van der Waals surface area contributed by atoms with Crippen LogP contribution in [0.15, 0.2) is 54.7 Å². The number of H-pyrrole nitrogens is 1. The van der Waals surface area contributed by atoms with E-state index in [1.165, 1.54) is 16.7 Å². The smallest absolute Gasteiger partial charge is 0.254 e. The molecule has 3 unspecified atom stereocenters. The first-order valence-electron chi connectivity index (χ1n) is 11.8. The molecule has 3 atom stereocenters. The van der Waals surface area contributed by atoms with E-state index in [2.05, 4.69) is 26.8 Å². The summed E-state index contributed by atoms with van der Waals surface area (Å²) in [6, 6.07) is 12.7. The molecule has 1 saturated heterocycles. The maximum absolute atomic E-state index is 13.6. The topological polar surface area (TPSA) is 127 Å². The number of nitrogens with one attached hydrogen (secondary N) is 3. The number of aromatic nitrogens is 2. The van der Waals surface area contributed by atoms with Crippen LogP contribution in [0.5, 0.6) is 0 Å². The average molecular weight is 520 g/mol. The van der Waals surface area contributed by atoms with Crippen LogP contribution in [0.25, 0.3) is 10.9 Å². The molecule has 192 valence electrons. The minimum Gasteiger partial charge on any atom is -0.381 e. The molecule has 1 aliphatic rings. The molecule has 2 heterocycles. The number of rotatable bonds is 8. The van der Waals surface area contributed by atoms with Gasteiger partial charge in [0.15, 0.2) is 6.10 Å². The van der Waals surface area contributed by atoms with Crippen molar-refractivity contribution in [3.63, 3.8) is 0 Å². The van der Waals surface area contributed by atoms with Crippen LogP contribution in [0.2, 0.25) is 0 Å². The summed E-state index contributed by atoms with van der Waals surface area (Å²) in [5, 5.41) is 24.3. The van der Waals surface area contributed by atoms with Gasteiger partial charge in [-0.1, -0.05) is 42.3 Å². The summed E-state index contributed by atoms with van der Waals surface area (Å²) in [6.07, 6.45) is 5.46. The van der Waals surface area contributed by atoms with Crippen molar-refractivity contribution >= 4 is 40.4 Å². The predicted molar refractivity (Wildman–Crippen MR) is 143 cm³/mol. The van der Waals surface area contributed by atoms with Crippen LogP contribution in [-0.4, -0.2) is 73.3 Å². The van der Waals surface area contributed by atoms with Crippen molar-refractivity contribution in [2.45, 2.75) is 43.2 Å². The molecule has 9 nitrogen and oxygen atoms in total. The Morgan fingerprint density at radius 2 is 2.00 bits per heavy atom. The number of amides is 3. The fraction of sp³-hybridized carbons (Fsp3) is 0.333. The molecule has 4 rings (SSSR count). The number of benzene rings is 2. The molecule has 4 N–H and O–H groups in total. The maximum atomic E-state index is 13.6. The molecule has 1 aliphatic heterocycles. The van der Waals surface area contributed by atoms with Gasteiger partial charge in [-0.3, -0.25) is 19.5 Å². The summed E-state index contributed by atoms with van der Waals surface area (Å²) in [6.45, 7) is 3.77. The summed E-state index contributed by atoms with van der Waals surface area (Å²) in [4.78, 5) is 41.2. The van der Waals surface area contributed by atoms with Crippen LogP contribution < -0.4 is 10.6 Å². The first kappa shape index (κ1) is 26.3. The molecule has 0 bridgehead atoms. The van der Waals surface area contributed by atoms with E-state index < -0.39 is 34.7 Å². The number of hydrogen-bond donors (Lipinski definition) is 4. The molecule has 0 saturated carbocycles. The third kappa shape index (κ3) is 5.63. The lowest BCUT2D eigenvalue weighted by molar-refractivity contribution is -0.147. The second-order valence-corrected chi connectivity index (χ2v) is 11.0. The molecule has 0 radical (unpaired) electrons. The Morgan fingerprint density at radius 3 is 2.73 bits per heavy atom. The monoisotopic (exact) mass is 519 g/mol. The Kier molecular flexibility index (Phi) is 7.86. The Morgan fingerprint density at radius 1 is 1.24 bits per heavy atom. The predicted octanol–water partition coefficient (Wildman–Crippen LogP) is 1.69. The zero-order valence-electron chi connectivity index (χ0n) is 20.6. The first-order valence-corrected chi connectivity index (χ1v) is 12.8. The van der Waals surface area contributed by atoms with Gasteiger partial charge in [-0.15, -0.1) is 18.2 Å². The lowest BCUT2D eigenvalue weighted by Gasteiger charge is -2.33. The highest BCUT2D eigenvalue weighted by Crippen LogP contribution is 2.39. The van der Waals surface area contributed by atoms with Gasteiger partial charge in [-0.25, -0.2) is 0 Å². The number of terminal acetylenes is 1. The van der Waals surface area contributed by atoms with Crippen molar-refractivity contribution < 1.29 is 19.5 Å². The minimum atomic E-state index is -1.59. The number of hydrogen-bond acceptors (Lipinski definition) is 6.